The SMILES string of the molecule is CC(C)(C)C(N)c1cccc(S(C)(=O)=O)c1.Cl. The topological polar surface area (TPSA) is 60.2 Å². The van der Waals surface area contributed by atoms with Crippen molar-refractivity contribution in [1.82, 2.24) is 0 Å². The maximum atomic E-state index is 11.4. The second-order valence-electron chi connectivity index (χ2n) is 5.19. The van der Waals surface area contributed by atoms with Gasteiger partial charge in [-0.1, -0.05) is 32.9 Å². The Balaban J connectivity index is 0.00000256. The zero-order chi connectivity index (χ0) is 12.6. The maximum absolute atomic E-state index is 11.4. The third-order valence-electron chi connectivity index (χ3n) is 2.58. The standard InChI is InChI=1S/C12H19NO2S.ClH/c1-12(2,3)11(13)9-6-5-7-10(8-9)16(4,14)15;/h5-8,11H,13H2,1-4H3;1H. The molecule has 0 radical (unpaired) electrons. The molecule has 0 aliphatic heterocycles. The summed E-state index contributed by atoms with van der Waals surface area (Å²) in [7, 11) is -3.16. The molecule has 0 amide bonds. The summed E-state index contributed by atoms with van der Waals surface area (Å²) in [5, 5.41) is 0. The summed E-state index contributed by atoms with van der Waals surface area (Å²) in [5.41, 5.74) is 6.86. The Bertz CT molecular complexity index is 478. The van der Waals surface area contributed by atoms with Crippen LogP contribution in [0.3, 0.4) is 0 Å². The largest absolute Gasteiger partial charge is 0.324 e. The number of nitrogens with two attached hydrogens (primary N) is 1. The number of hydrogen-bond acceptors (Lipinski definition) is 3. The Morgan fingerprint density at radius 1 is 1.24 bits per heavy atom. The molecule has 17 heavy (non-hydrogen) atoms. The minimum Gasteiger partial charge on any atom is -0.324 e. The third-order valence-corrected chi connectivity index (χ3v) is 3.69. The van der Waals surface area contributed by atoms with E-state index in [1.165, 1.54) is 6.26 Å². The molecule has 0 saturated heterocycles. The van der Waals surface area contributed by atoms with Gasteiger partial charge in [-0.15, -0.1) is 12.4 Å². The van der Waals surface area contributed by atoms with E-state index in [-0.39, 0.29) is 23.9 Å². The molecule has 0 spiro atoms. The molecule has 1 atom stereocenters. The summed E-state index contributed by atoms with van der Waals surface area (Å²) in [4.78, 5) is 0.324. The summed E-state index contributed by atoms with van der Waals surface area (Å²) >= 11 is 0. The molecule has 1 aromatic rings. The lowest BCUT2D eigenvalue weighted by Gasteiger charge is -2.27. The Hall–Kier alpha value is -0.580. The Morgan fingerprint density at radius 2 is 1.76 bits per heavy atom. The fourth-order valence-corrected chi connectivity index (χ4v) is 2.11. The van der Waals surface area contributed by atoms with Gasteiger partial charge < -0.3 is 5.73 Å². The molecule has 0 aliphatic carbocycles. The van der Waals surface area contributed by atoms with Crippen molar-refractivity contribution in [2.75, 3.05) is 6.26 Å². The normalized spacial score (nSPS) is 13.9. The lowest BCUT2D eigenvalue weighted by atomic mass is 9.83. The minimum absolute atomic E-state index is 0. The highest BCUT2D eigenvalue weighted by Crippen LogP contribution is 2.31. The van der Waals surface area contributed by atoms with Crippen molar-refractivity contribution in [2.45, 2.75) is 31.7 Å². The fraction of sp³-hybridized carbons (Fsp3) is 0.500. The van der Waals surface area contributed by atoms with Gasteiger partial charge in [0.15, 0.2) is 9.84 Å². The fourth-order valence-electron chi connectivity index (χ4n) is 1.44. The van der Waals surface area contributed by atoms with Crippen molar-refractivity contribution in [3.63, 3.8) is 0 Å². The summed E-state index contributed by atoms with van der Waals surface area (Å²) < 4.78 is 22.8. The van der Waals surface area contributed by atoms with Crippen molar-refractivity contribution in [2.24, 2.45) is 11.1 Å². The monoisotopic (exact) mass is 277 g/mol. The highest BCUT2D eigenvalue weighted by molar-refractivity contribution is 7.90. The predicted octanol–water partition coefficient (Wildman–Crippen LogP) is 2.56. The van der Waals surface area contributed by atoms with Crippen LogP contribution in [-0.2, 0) is 9.84 Å². The van der Waals surface area contributed by atoms with Crippen molar-refractivity contribution >= 4 is 22.2 Å². The van der Waals surface area contributed by atoms with E-state index in [1.54, 1.807) is 18.2 Å². The van der Waals surface area contributed by atoms with Crippen molar-refractivity contribution in [3.8, 4) is 0 Å². The van der Waals surface area contributed by atoms with Crippen LogP contribution in [0.5, 0.6) is 0 Å². The van der Waals surface area contributed by atoms with E-state index in [0.29, 0.717) is 4.90 Å². The smallest absolute Gasteiger partial charge is 0.175 e. The molecule has 0 aromatic heterocycles. The first-order valence-corrected chi connectivity index (χ1v) is 7.07. The van der Waals surface area contributed by atoms with Gasteiger partial charge >= 0.3 is 0 Å². The molecule has 0 bridgehead atoms. The van der Waals surface area contributed by atoms with E-state index in [1.807, 2.05) is 26.8 Å². The van der Waals surface area contributed by atoms with Crippen LogP contribution in [0.25, 0.3) is 0 Å². The van der Waals surface area contributed by atoms with E-state index < -0.39 is 9.84 Å². The van der Waals surface area contributed by atoms with Gasteiger partial charge in [0.05, 0.1) is 4.90 Å². The predicted molar refractivity (Wildman–Crippen MR) is 73.2 cm³/mol. The molecule has 0 aliphatic rings. The minimum atomic E-state index is -3.16. The van der Waals surface area contributed by atoms with Crippen molar-refractivity contribution in [1.29, 1.82) is 0 Å². The average Bonchev–Trinajstić information content (AvgIpc) is 2.14. The molecule has 0 saturated carbocycles. The molecule has 2 N–H and O–H groups in total. The molecule has 0 heterocycles. The van der Waals surface area contributed by atoms with Gasteiger partial charge in [-0.3, -0.25) is 0 Å². The Morgan fingerprint density at radius 3 is 2.18 bits per heavy atom. The van der Waals surface area contributed by atoms with Gasteiger partial charge in [-0.2, -0.15) is 0 Å². The van der Waals surface area contributed by atoms with E-state index in [9.17, 15) is 8.42 Å². The van der Waals surface area contributed by atoms with Gasteiger partial charge in [0.2, 0.25) is 0 Å². The first-order chi connectivity index (χ1) is 7.12. The molecule has 1 aromatic carbocycles. The summed E-state index contributed by atoms with van der Waals surface area (Å²) in [6.07, 6.45) is 1.20. The first-order valence-electron chi connectivity index (χ1n) is 5.18. The molecule has 1 rings (SSSR count). The van der Waals surface area contributed by atoms with Gasteiger partial charge in [0.1, 0.15) is 0 Å². The second kappa shape index (κ2) is 5.38. The lowest BCUT2D eigenvalue weighted by molar-refractivity contribution is 0.326. The molecular weight excluding hydrogens is 258 g/mol. The summed E-state index contributed by atoms with van der Waals surface area (Å²) in [6.45, 7) is 6.10. The van der Waals surface area contributed by atoms with Crippen molar-refractivity contribution in [3.05, 3.63) is 29.8 Å². The van der Waals surface area contributed by atoms with E-state index in [2.05, 4.69) is 0 Å². The van der Waals surface area contributed by atoms with Crippen LogP contribution in [0.2, 0.25) is 0 Å². The van der Waals surface area contributed by atoms with Gasteiger partial charge in [-0.05, 0) is 23.1 Å². The van der Waals surface area contributed by atoms with E-state index in [0.717, 1.165) is 5.56 Å². The van der Waals surface area contributed by atoms with Crippen LogP contribution in [0.4, 0.5) is 0 Å². The van der Waals surface area contributed by atoms with Crippen molar-refractivity contribution < 1.29 is 8.42 Å². The van der Waals surface area contributed by atoms with E-state index in [4.69, 9.17) is 5.73 Å². The van der Waals surface area contributed by atoms with Crippen LogP contribution >= 0.6 is 12.4 Å². The molecular formula is C12H20ClNO2S. The molecule has 0 fully saturated rings. The number of halogens is 1. The first kappa shape index (κ1) is 16.4. The zero-order valence-electron chi connectivity index (χ0n) is 10.6. The van der Waals surface area contributed by atoms with Crippen LogP contribution in [-0.4, -0.2) is 14.7 Å². The van der Waals surface area contributed by atoms with E-state index >= 15 is 0 Å². The second-order valence-corrected chi connectivity index (χ2v) is 7.20. The van der Waals surface area contributed by atoms with Gasteiger partial charge in [0, 0.05) is 12.3 Å². The average molecular weight is 278 g/mol. The number of sulfone groups is 1. The van der Waals surface area contributed by atoms with Crippen LogP contribution < -0.4 is 5.73 Å². The molecule has 5 heteroatoms. The molecule has 3 nitrogen and oxygen atoms in total. The van der Waals surface area contributed by atoms with Gasteiger partial charge in [0.25, 0.3) is 0 Å². The highest BCUT2D eigenvalue weighted by atomic mass is 35.5. The van der Waals surface area contributed by atoms with Crippen LogP contribution in [0.1, 0.15) is 32.4 Å². The third kappa shape index (κ3) is 4.30. The van der Waals surface area contributed by atoms with Crippen LogP contribution in [0, 0.1) is 5.41 Å². The molecule has 98 valence electrons. The number of benzene rings is 1. The Kier molecular flexibility index (Phi) is 5.19. The number of hydrogen-bond donors (Lipinski definition) is 1. The summed E-state index contributed by atoms with van der Waals surface area (Å²) in [5.74, 6) is 0. The maximum Gasteiger partial charge on any atom is 0.175 e. The summed E-state index contributed by atoms with van der Waals surface area (Å²) in [6, 6.07) is 6.68. The highest BCUT2D eigenvalue weighted by Gasteiger charge is 2.23. The van der Waals surface area contributed by atoms with Gasteiger partial charge in [-0.25, -0.2) is 8.42 Å². The molecule has 1 unspecified atom stereocenters. The quantitative estimate of drug-likeness (QED) is 0.904. The Labute approximate surface area is 110 Å². The number of rotatable bonds is 2. The lowest BCUT2D eigenvalue weighted by Crippen LogP contribution is -2.26. The van der Waals surface area contributed by atoms with Crippen LogP contribution in [0.15, 0.2) is 29.2 Å². The zero-order valence-corrected chi connectivity index (χ0v) is 12.2.